The highest BCUT2D eigenvalue weighted by molar-refractivity contribution is 5.78. The zero-order valence-corrected chi connectivity index (χ0v) is 15.6. The van der Waals surface area contributed by atoms with Crippen LogP contribution in [0.1, 0.15) is 25.0 Å². The van der Waals surface area contributed by atoms with Gasteiger partial charge in [0.05, 0.1) is 25.7 Å². The molecule has 0 saturated carbocycles. The number of methoxy groups -OCH3 is 1. The third-order valence-corrected chi connectivity index (χ3v) is 4.01. The third-order valence-electron chi connectivity index (χ3n) is 4.01. The van der Waals surface area contributed by atoms with Crippen molar-refractivity contribution in [2.75, 3.05) is 20.3 Å². The molecule has 2 N–H and O–H groups in total. The van der Waals surface area contributed by atoms with Crippen molar-refractivity contribution in [3.8, 4) is 11.5 Å². The van der Waals surface area contributed by atoms with Gasteiger partial charge in [-0.05, 0) is 49.2 Å². The van der Waals surface area contributed by atoms with Crippen LogP contribution in [0.2, 0.25) is 0 Å². The molecule has 0 aliphatic heterocycles. The van der Waals surface area contributed by atoms with Crippen LogP contribution in [0.3, 0.4) is 0 Å². The van der Waals surface area contributed by atoms with Crippen LogP contribution in [0.15, 0.2) is 48.5 Å². The van der Waals surface area contributed by atoms with Gasteiger partial charge in [-0.3, -0.25) is 4.79 Å². The topological polar surface area (TPSA) is 67.8 Å². The molecule has 0 aliphatic rings. The molecule has 2 aromatic rings. The van der Waals surface area contributed by atoms with Crippen molar-refractivity contribution in [2.24, 2.45) is 0 Å². The molecule has 5 heteroatoms. The van der Waals surface area contributed by atoms with Crippen LogP contribution in [-0.2, 0) is 17.6 Å². The number of carbonyl (C=O) groups excluding carboxylic acids is 1. The van der Waals surface area contributed by atoms with E-state index in [9.17, 15) is 9.90 Å². The van der Waals surface area contributed by atoms with Gasteiger partial charge in [0.2, 0.25) is 5.91 Å². The number of ether oxygens (including phenoxy) is 2. The number of amides is 1. The Bertz CT molecular complexity index is 693. The summed E-state index contributed by atoms with van der Waals surface area (Å²) in [5, 5.41) is 13.4. The lowest BCUT2D eigenvalue weighted by molar-refractivity contribution is -0.121. The predicted molar refractivity (Wildman–Crippen MR) is 102 cm³/mol. The summed E-state index contributed by atoms with van der Waals surface area (Å²) in [5.74, 6) is 1.44. The van der Waals surface area contributed by atoms with Crippen molar-refractivity contribution >= 4 is 5.91 Å². The van der Waals surface area contributed by atoms with Crippen LogP contribution < -0.4 is 14.8 Å². The molecule has 0 aliphatic carbocycles. The summed E-state index contributed by atoms with van der Waals surface area (Å²) in [6.07, 6.45) is 0.714. The van der Waals surface area contributed by atoms with Crippen molar-refractivity contribution in [1.29, 1.82) is 0 Å². The van der Waals surface area contributed by atoms with Crippen LogP contribution >= 0.6 is 0 Å². The predicted octanol–water partition coefficient (Wildman–Crippen LogP) is 2.75. The number of nitrogens with one attached hydrogen (secondary N) is 1. The van der Waals surface area contributed by atoms with Gasteiger partial charge < -0.3 is 19.9 Å². The standard InChI is InChI=1S/C21H27NO4/c1-4-26-19-11-5-16(6-12-19)13-20(23)22-15-21(2,24)14-17-7-9-18(25-3)10-8-17/h5-12,24H,4,13-15H2,1-3H3,(H,22,23)/t21-/m1/s1. The minimum Gasteiger partial charge on any atom is -0.497 e. The van der Waals surface area contributed by atoms with Crippen LogP contribution in [0.5, 0.6) is 11.5 Å². The van der Waals surface area contributed by atoms with Gasteiger partial charge in [-0.15, -0.1) is 0 Å². The van der Waals surface area contributed by atoms with E-state index in [1.54, 1.807) is 14.0 Å². The van der Waals surface area contributed by atoms with Gasteiger partial charge in [0.1, 0.15) is 11.5 Å². The first-order chi connectivity index (χ1) is 12.4. The normalized spacial score (nSPS) is 12.9. The monoisotopic (exact) mass is 357 g/mol. The smallest absolute Gasteiger partial charge is 0.224 e. The first-order valence-electron chi connectivity index (χ1n) is 8.75. The largest absolute Gasteiger partial charge is 0.497 e. The van der Waals surface area contributed by atoms with E-state index in [1.165, 1.54) is 0 Å². The second kappa shape index (κ2) is 9.25. The van der Waals surface area contributed by atoms with Gasteiger partial charge in [-0.1, -0.05) is 24.3 Å². The highest BCUT2D eigenvalue weighted by Crippen LogP contribution is 2.17. The molecular weight excluding hydrogens is 330 g/mol. The molecule has 0 unspecified atom stereocenters. The van der Waals surface area contributed by atoms with Gasteiger partial charge in [0, 0.05) is 13.0 Å². The van der Waals surface area contributed by atoms with Gasteiger partial charge in [0.25, 0.3) is 0 Å². The Labute approximate surface area is 155 Å². The van der Waals surface area contributed by atoms with E-state index in [1.807, 2.05) is 55.5 Å². The van der Waals surface area contributed by atoms with E-state index in [4.69, 9.17) is 9.47 Å². The van der Waals surface area contributed by atoms with Gasteiger partial charge in [-0.2, -0.15) is 0 Å². The quantitative estimate of drug-likeness (QED) is 0.724. The van der Waals surface area contributed by atoms with Crippen molar-refractivity contribution in [3.63, 3.8) is 0 Å². The molecule has 140 valence electrons. The molecule has 2 aromatic carbocycles. The van der Waals surface area contributed by atoms with Gasteiger partial charge >= 0.3 is 0 Å². The lowest BCUT2D eigenvalue weighted by Gasteiger charge is -2.24. The number of hydrogen-bond donors (Lipinski definition) is 2. The molecule has 1 atom stereocenters. The van der Waals surface area contributed by atoms with E-state index in [2.05, 4.69) is 5.32 Å². The fourth-order valence-electron chi connectivity index (χ4n) is 2.65. The minimum absolute atomic E-state index is 0.121. The summed E-state index contributed by atoms with van der Waals surface area (Å²) in [6.45, 7) is 4.45. The number of aliphatic hydroxyl groups is 1. The number of carbonyl (C=O) groups is 1. The number of benzene rings is 2. The summed E-state index contributed by atoms with van der Waals surface area (Å²) < 4.78 is 10.5. The summed E-state index contributed by atoms with van der Waals surface area (Å²) in [7, 11) is 1.62. The second-order valence-electron chi connectivity index (χ2n) is 6.55. The Balaban J connectivity index is 1.82. The molecule has 0 saturated heterocycles. The van der Waals surface area contributed by atoms with Crippen molar-refractivity contribution in [1.82, 2.24) is 5.32 Å². The first-order valence-corrected chi connectivity index (χ1v) is 8.75. The summed E-state index contributed by atoms with van der Waals surface area (Å²) in [5.41, 5.74) is 0.862. The Kier molecular flexibility index (Phi) is 7.04. The molecule has 1 amide bonds. The molecule has 0 spiro atoms. The molecule has 0 heterocycles. The minimum atomic E-state index is -1.02. The second-order valence-corrected chi connectivity index (χ2v) is 6.55. The highest BCUT2D eigenvalue weighted by Gasteiger charge is 2.22. The summed E-state index contributed by atoms with van der Waals surface area (Å²) in [4.78, 5) is 12.1. The number of hydrogen-bond acceptors (Lipinski definition) is 4. The van der Waals surface area contributed by atoms with Gasteiger partial charge in [0.15, 0.2) is 0 Å². The SMILES string of the molecule is CCOc1ccc(CC(=O)NC[C@](C)(O)Cc2ccc(OC)cc2)cc1. The average molecular weight is 357 g/mol. The fourth-order valence-corrected chi connectivity index (χ4v) is 2.65. The maximum Gasteiger partial charge on any atom is 0.224 e. The van der Waals surface area contributed by atoms with E-state index in [0.717, 1.165) is 22.6 Å². The van der Waals surface area contributed by atoms with Crippen LogP contribution in [-0.4, -0.2) is 36.9 Å². The average Bonchev–Trinajstić information content (AvgIpc) is 2.62. The van der Waals surface area contributed by atoms with Gasteiger partial charge in [-0.25, -0.2) is 0 Å². The summed E-state index contributed by atoms with van der Waals surface area (Å²) in [6, 6.07) is 15.0. The molecule has 26 heavy (non-hydrogen) atoms. The van der Waals surface area contributed by atoms with Crippen molar-refractivity contribution in [2.45, 2.75) is 32.3 Å². The molecule has 5 nitrogen and oxygen atoms in total. The Morgan fingerprint density at radius 1 is 1.04 bits per heavy atom. The van der Waals surface area contributed by atoms with Crippen LogP contribution in [0.25, 0.3) is 0 Å². The maximum atomic E-state index is 12.1. The maximum absolute atomic E-state index is 12.1. The Morgan fingerprint density at radius 3 is 2.19 bits per heavy atom. The zero-order chi connectivity index (χ0) is 19.0. The first kappa shape index (κ1) is 19.8. The molecule has 0 bridgehead atoms. The Morgan fingerprint density at radius 2 is 1.62 bits per heavy atom. The van der Waals surface area contributed by atoms with Crippen LogP contribution in [0, 0.1) is 0 Å². The lowest BCUT2D eigenvalue weighted by atomic mass is 9.96. The van der Waals surface area contributed by atoms with E-state index in [0.29, 0.717) is 13.0 Å². The molecule has 0 fully saturated rings. The third kappa shape index (κ3) is 6.41. The lowest BCUT2D eigenvalue weighted by Crippen LogP contribution is -2.42. The molecule has 2 rings (SSSR count). The van der Waals surface area contributed by atoms with Crippen molar-refractivity contribution < 1.29 is 19.4 Å². The number of rotatable bonds is 9. The van der Waals surface area contributed by atoms with Crippen LogP contribution in [0.4, 0.5) is 0 Å². The summed E-state index contributed by atoms with van der Waals surface area (Å²) >= 11 is 0. The highest BCUT2D eigenvalue weighted by atomic mass is 16.5. The molecule has 0 radical (unpaired) electrons. The van der Waals surface area contributed by atoms with Crippen molar-refractivity contribution in [3.05, 3.63) is 59.7 Å². The van der Waals surface area contributed by atoms with E-state index >= 15 is 0 Å². The van der Waals surface area contributed by atoms with E-state index in [-0.39, 0.29) is 18.9 Å². The Hall–Kier alpha value is -2.53. The molecule has 0 aromatic heterocycles. The van der Waals surface area contributed by atoms with E-state index < -0.39 is 5.60 Å². The fraction of sp³-hybridized carbons (Fsp3) is 0.381. The molecular formula is C21H27NO4. The zero-order valence-electron chi connectivity index (χ0n) is 15.6.